The molecule has 0 saturated carbocycles. The summed E-state index contributed by atoms with van der Waals surface area (Å²) in [6, 6.07) is 19.6. The summed E-state index contributed by atoms with van der Waals surface area (Å²) in [7, 11) is 0. The first-order chi connectivity index (χ1) is 16.9. The van der Waals surface area contributed by atoms with E-state index in [1.807, 2.05) is 58.0 Å². The summed E-state index contributed by atoms with van der Waals surface area (Å²) in [6.45, 7) is 9.55. The average Bonchev–Trinajstić information content (AvgIpc) is 2.86. The van der Waals surface area contributed by atoms with Crippen LogP contribution in [0.1, 0.15) is 52.9 Å². The van der Waals surface area contributed by atoms with Crippen molar-refractivity contribution >= 4 is 29.0 Å². The number of para-hydroxylation sites is 1. The third-order valence-electron chi connectivity index (χ3n) is 6.68. The van der Waals surface area contributed by atoms with Crippen LogP contribution in [0.5, 0.6) is 0 Å². The van der Waals surface area contributed by atoms with Gasteiger partial charge in [-0.15, -0.1) is 0 Å². The van der Waals surface area contributed by atoms with Crippen molar-refractivity contribution in [1.82, 2.24) is 5.32 Å². The number of anilines is 3. The second kappa shape index (κ2) is 10.6. The molecule has 0 aliphatic carbocycles. The predicted octanol–water partition coefficient (Wildman–Crippen LogP) is 6.04. The van der Waals surface area contributed by atoms with Crippen molar-refractivity contribution in [3.05, 3.63) is 88.5 Å². The molecular weight excluding hydrogens is 436 g/mol. The molecule has 1 aliphatic heterocycles. The molecule has 0 spiro atoms. The van der Waals surface area contributed by atoms with Gasteiger partial charge in [-0.1, -0.05) is 49.4 Å². The Morgan fingerprint density at radius 2 is 1.66 bits per heavy atom. The minimum atomic E-state index is -0.338. The molecule has 0 saturated heterocycles. The maximum absolute atomic E-state index is 13.3. The van der Waals surface area contributed by atoms with Crippen LogP contribution in [0.4, 0.5) is 21.9 Å². The van der Waals surface area contributed by atoms with Crippen molar-refractivity contribution in [3.63, 3.8) is 0 Å². The summed E-state index contributed by atoms with van der Waals surface area (Å²) in [5.74, 6) is -0.132. The Morgan fingerprint density at radius 1 is 0.943 bits per heavy atom. The Hall–Kier alpha value is -3.80. The van der Waals surface area contributed by atoms with Crippen molar-refractivity contribution in [2.45, 2.75) is 53.1 Å². The first-order valence-corrected chi connectivity index (χ1v) is 12.3. The van der Waals surface area contributed by atoms with Crippen molar-refractivity contribution < 1.29 is 9.59 Å². The van der Waals surface area contributed by atoms with Crippen LogP contribution in [0, 0.1) is 13.8 Å². The molecule has 3 amide bonds. The van der Waals surface area contributed by atoms with Gasteiger partial charge in [-0.3, -0.25) is 4.79 Å². The molecule has 1 atom stereocenters. The smallest absolute Gasteiger partial charge is 0.323 e. The van der Waals surface area contributed by atoms with Gasteiger partial charge >= 0.3 is 6.03 Å². The van der Waals surface area contributed by atoms with Gasteiger partial charge < -0.3 is 20.9 Å². The standard InChI is InChI=1S/C29H34N4O2/c1-5-21(4)30-28(34)25-17-24(31-29(35)32-27-19(2)9-8-10-20(27)3)13-14-26(25)33-16-15-22-11-6-7-12-23(22)18-33/h6-14,17,21H,5,15-16,18H2,1-4H3,(H,30,34)(H2,31,32,35). The summed E-state index contributed by atoms with van der Waals surface area (Å²) in [5, 5.41) is 8.94. The summed E-state index contributed by atoms with van der Waals surface area (Å²) in [5.41, 5.74) is 7.44. The van der Waals surface area contributed by atoms with E-state index in [9.17, 15) is 9.59 Å². The van der Waals surface area contributed by atoms with Crippen LogP contribution in [0.2, 0.25) is 0 Å². The zero-order chi connectivity index (χ0) is 24.9. The summed E-state index contributed by atoms with van der Waals surface area (Å²) >= 11 is 0. The third-order valence-corrected chi connectivity index (χ3v) is 6.68. The highest BCUT2D eigenvalue weighted by molar-refractivity contribution is 6.04. The van der Waals surface area contributed by atoms with Gasteiger partial charge in [-0.05, 0) is 74.1 Å². The van der Waals surface area contributed by atoms with E-state index in [1.54, 1.807) is 6.07 Å². The fraction of sp³-hybridized carbons (Fsp3) is 0.310. The van der Waals surface area contributed by atoms with Gasteiger partial charge in [-0.2, -0.15) is 0 Å². The summed E-state index contributed by atoms with van der Waals surface area (Å²) in [4.78, 5) is 28.3. The molecule has 6 heteroatoms. The van der Waals surface area contributed by atoms with Crippen LogP contribution < -0.4 is 20.9 Å². The Morgan fingerprint density at radius 3 is 2.37 bits per heavy atom. The molecule has 3 aromatic rings. The van der Waals surface area contributed by atoms with Crippen molar-refractivity contribution in [2.75, 3.05) is 22.1 Å². The number of nitrogens with zero attached hydrogens (tertiary/aromatic N) is 1. The van der Waals surface area contributed by atoms with Crippen molar-refractivity contribution in [3.8, 4) is 0 Å². The fourth-order valence-electron chi connectivity index (χ4n) is 4.46. The van der Waals surface area contributed by atoms with E-state index in [1.165, 1.54) is 11.1 Å². The minimum Gasteiger partial charge on any atom is -0.366 e. The number of fused-ring (bicyclic) bond motifs is 1. The number of urea groups is 1. The number of amides is 3. The van der Waals surface area contributed by atoms with Crippen LogP contribution in [-0.4, -0.2) is 24.5 Å². The van der Waals surface area contributed by atoms with Crippen LogP contribution >= 0.6 is 0 Å². The van der Waals surface area contributed by atoms with Gasteiger partial charge in [0.2, 0.25) is 0 Å². The maximum atomic E-state index is 13.3. The molecule has 4 rings (SSSR count). The second-order valence-electron chi connectivity index (χ2n) is 9.30. The highest BCUT2D eigenvalue weighted by Crippen LogP contribution is 2.30. The molecule has 1 aliphatic rings. The molecule has 3 aromatic carbocycles. The number of nitrogens with one attached hydrogen (secondary N) is 3. The third kappa shape index (κ3) is 5.65. The second-order valence-corrected chi connectivity index (χ2v) is 9.30. The average molecular weight is 471 g/mol. The molecule has 0 aromatic heterocycles. The number of benzene rings is 3. The van der Waals surface area contributed by atoms with E-state index >= 15 is 0 Å². The van der Waals surface area contributed by atoms with Crippen LogP contribution in [0.15, 0.2) is 60.7 Å². The van der Waals surface area contributed by atoms with Gasteiger partial charge in [0.25, 0.3) is 5.91 Å². The minimum absolute atomic E-state index is 0.0568. The lowest BCUT2D eigenvalue weighted by Gasteiger charge is -2.32. The lowest BCUT2D eigenvalue weighted by atomic mass is 9.98. The molecule has 35 heavy (non-hydrogen) atoms. The normalized spacial score (nSPS) is 13.5. The van der Waals surface area contributed by atoms with Gasteiger partial charge in [0.1, 0.15) is 0 Å². The zero-order valence-electron chi connectivity index (χ0n) is 20.9. The molecule has 1 unspecified atom stereocenters. The monoisotopic (exact) mass is 470 g/mol. The molecule has 1 heterocycles. The molecule has 182 valence electrons. The van der Waals surface area contributed by atoms with E-state index < -0.39 is 0 Å². The van der Waals surface area contributed by atoms with E-state index in [2.05, 4.69) is 45.1 Å². The first-order valence-electron chi connectivity index (χ1n) is 12.3. The van der Waals surface area contributed by atoms with Crippen molar-refractivity contribution in [1.29, 1.82) is 0 Å². The molecule has 0 bridgehead atoms. The topological polar surface area (TPSA) is 73.5 Å². The molecule has 3 N–H and O–H groups in total. The number of hydrogen-bond donors (Lipinski definition) is 3. The van der Waals surface area contributed by atoms with E-state index in [4.69, 9.17) is 0 Å². The highest BCUT2D eigenvalue weighted by Gasteiger charge is 2.22. The van der Waals surface area contributed by atoms with Crippen LogP contribution in [0.3, 0.4) is 0 Å². The highest BCUT2D eigenvalue weighted by atomic mass is 16.2. The fourth-order valence-corrected chi connectivity index (χ4v) is 4.46. The number of hydrogen-bond acceptors (Lipinski definition) is 3. The Balaban J connectivity index is 1.59. The Bertz CT molecular complexity index is 1220. The van der Waals surface area contributed by atoms with Crippen LogP contribution in [-0.2, 0) is 13.0 Å². The van der Waals surface area contributed by atoms with E-state index in [-0.39, 0.29) is 18.0 Å². The quantitative estimate of drug-likeness (QED) is 0.411. The molecule has 6 nitrogen and oxygen atoms in total. The number of carbonyl (C=O) groups excluding carboxylic acids is 2. The predicted molar refractivity (Wildman–Crippen MR) is 143 cm³/mol. The molecular formula is C29H34N4O2. The zero-order valence-corrected chi connectivity index (χ0v) is 20.9. The first kappa shape index (κ1) is 24.3. The lowest BCUT2D eigenvalue weighted by Crippen LogP contribution is -2.36. The van der Waals surface area contributed by atoms with E-state index in [0.29, 0.717) is 11.3 Å². The van der Waals surface area contributed by atoms with Gasteiger partial charge in [0.15, 0.2) is 0 Å². The Labute approximate surface area is 207 Å². The number of carbonyl (C=O) groups is 2. The lowest BCUT2D eigenvalue weighted by molar-refractivity contribution is 0.0939. The number of rotatable bonds is 6. The summed E-state index contributed by atoms with van der Waals surface area (Å²) in [6.07, 6.45) is 1.77. The van der Waals surface area contributed by atoms with Gasteiger partial charge in [-0.25, -0.2) is 4.79 Å². The molecule has 0 fully saturated rings. The van der Waals surface area contributed by atoms with E-state index in [0.717, 1.165) is 48.4 Å². The Kier molecular flexibility index (Phi) is 7.39. The maximum Gasteiger partial charge on any atom is 0.323 e. The van der Waals surface area contributed by atoms with Crippen LogP contribution in [0.25, 0.3) is 0 Å². The summed E-state index contributed by atoms with van der Waals surface area (Å²) < 4.78 is 0. The SMILES string of the molecule is CCC(C)NC(=O)c1cc(NC(=O)Nc2c(C)cccc2C)ccc1N1CCc2ccccc2C1. The number of aryl methyl sites for hydroxylation is 2. The van der Waals surface area contributed by atoms with Gasteiger partial charge in [0, 0.05) is 36.2 Å². The molecule has 0 radical (unpaired) electrons. The van der Waals surface area contributed by atoms with Crippen molar-refractivity contribution in [2.24, 2.45) is 0 Å². The largest absolute Gasteiger partial charge is 0.366 e. The van der Waals surface area contributed by atoms with Gasteiger partial charge in [0.05, 0.1) is 5.56 Å².